The van der Waals surface area contributed by atoms with E-state index in [2.05, 4.69) is 22.0 Å². The van der Waals surface area contributed by atoms with Gasteiger partial charge in [-0.1, -0.05) is 13.0 Å². The number of carboxylic acid groups (broad SMARTS) is 1. The molecule has 8 heteroatoms. The number of carbonyl (C=O) groups excluding carboxylic acids is 1. The fraction of sp³-hybridized carbons (Fsp3) is 0.444. The molecule has 26 heavy (non-hydrogen) atoms. The zero-order chi connectivity index (χ0) is 19.3. The van der Waals surface area contributed by atoms with Crippen LogP contribution in [0.25, 0.3) is 11.0 Å². The van der Waals surface area contributed by atoms with Crippen LogP contribution in [0.2, 0.25) is 0 Å². The minimum absolute atomic E-state index is 0.136. The van der Waals surface area contributed by atoms with Gasteiger partial charge in [0.05, 0.1) is 36.4 Å². The van der Waals surface area contributed by atoms with Crippen LogP contribution in [0.15, 0.2) is 24.9 Å². The topological polar surface area (TPSA) is 106 Å². The van der Waals surface area contributed by atoms with Gasteiger partial charge in [-0.25, -0.2) is 14.5 Å². The van der Waals surface area contributed by atoms with Gasteiger partial charge in [0, 0.05) is 5.69 Å². The molecule has 0 aliphatic carbocycles. The Morgan fingerprint density at radius 3 is 2.85 bits per heavy atom. The number of nitrogens with one attached hydrogen (secondary N) is 1. The summed E-state index contributed by atoms with van der Waals surface area (Å²) in [4.78, 5) is 28.6. The van der Waals surface area contributed by atoms with Crippen molar-refractivity contribution in [3.8, 4) is 0 Å². The maximum absolute atomic E-state index is 12.7. The van der Waals surface area contributed by atoms with Crippen molar-refractivity contribution in [3.05, 3.63) is 36.2 Å². The van der Waals surface area contributed by atoms with E-state index in [-0.39, 0.29) is 19.3 Å². The third kappa shape index (κ3) is 4.26. The molecular formula is C18H24N4O4. The van der Waals surface area contributed by atoms with Gasteiger partial charge in [0.2, 0.25) is 0 Å². The number of fused-ring (bicyclic) bond motifs is 1. The van der Waals surface area contributed by atoms with Crippen molar-refractivity contribution in [3.63, 3.8) is 0 Å². The number of amides is 1. The van der Waals surface area contributed by atoms with E-state index < -0.39 is 17.9 Å². The summed E-state index contributed by atoms with van der Waals surface area (Å²) in [5.41, 5.74) is 1.61. The molecule has 2 unspecified atom stereocenters. The Kier molecular flexibility index (Phi) is 6.46. The SMILES string of the molecule is C=CCOCC(NC(=O)c1cc(C)nc2c1cnn2C(C)CC)C(=O)O. The van der Waals surface area contributed by atoms with Crippen molar-refractivity contribution in [1.82, 2.24) is 20.1 Å². The first-order valence-corrected chi connectivity index (χ1v) is 8.46. The highest BCUT2D eigenvalue weighted by Crippen LogP contribution is 2.22. The third-order valence-electron chi connectivity index (χ3n) is 4.07. The smallest absolute Gasteiger partial charge is 0.328 e. The Labute approximate surface area is 151 Å². The van der Waals surface area contributed by atoms with Crippen LogP contribution in [0.1, 0.15) is 42.4 Å². The Balaban J connectivity index is 2.33. The van der Waals surface area contributed by atoms with Gasteiger partial charge in [0.25, 0.3) is 5.91 Å². The summed E-state index contributed by atoms with van der Waals surface area (Å²) >= 11 is 0. The number of pyridine rings is 1. The van der Waals surface area contributed by atoms with Crippen molar-refractivity contribution < 1.29 is 19.4 Å². The van der Waals surface area contributed by atoms with Gasteiger partial charge in [-0.05, 0) is 26.3 Å². The van der Waals surface area contributed by atoms with Gasteiger partial charge in [0.1, 0.15) is 0 Å². The minimum Gasteiger partial charge on any atom is -0.480 e. The molecule has 0 aromatic carbocycles. The average Bonchev–Trinajstić information content (AvgIpc) is 3.02. The lowest BCUT2D eigenvalue weighted by Gasteiger charge is -2.15. The predicted octanol–water partition coefficient (Wildman–Crippen LogP) is 2.10. The number of aliphatic carboxylic acids is 1. The Morgan fingerprint density at radius 1 is 1.50 bits per heavy atom. The van der Waals surface area contributed by atoms with Gasteiger partial charge in [-0.3, -0.25) is 4.79 Å². The zero-order valence-corrected chi connectivity index (χ0v) is 15.2. The Hall–Kier alpha value is -2.74. The summed E-state index contributed by atoms with van der Waals surface area (Å²) < 4.78 is 6.94. The number of aryl methyl sites for hydroxylation is 1. The fourth-order valence-corrected chi connectivity index (χ4v) is 2.51. The van der Waals surface area contributed by atoms with Crippen LogP contribution >= 0.6 is 0 Å². The highest BCUT2D eigenvalue weighted by molar-refractivity contribution is 6.06. The molecule has 0 saturated heterocycles. The molecule has 0 aliphatic rings. The second-order valence-corrected chi connectivity index (χ2v) is 6.09. The second kappa shape index (κ2) is 8.57. The first kappa shape index (κ1) is 19.6. The van der Waals surface area contributed by atoms with Gasteiger partial charge in [-0.15, -0.1) is 6.58 Å². The lowest BCUT2D eigenvalue weighted by molar-refractivity contribution is -0.140. The third-order valence-corrected chi connectivity index (χ3v) is 4.07. The van der Waals surface area contributed by atoms with Crippen LogP contribution in [0, 0.1) is 6.92 Å². The Morgan fingerprint density at radius 2 is 2.23 bits per heavy atom. The molecule has 0 saturated carbocycles. The van der Waals surface area contributed by atoms with E-state index in [1.807, 2.05) is 13.8 Å². The van der Waals surface area contributed by atoms with Crippen LogP contribution in [0.4, 0.5) is 0 Å². The predicted molar refractivity (Wildman–Crippen MR) is 97.2 cm³/mol. The summed E-state index contributed by atoms with van der Waals surface area (Å²) in [6.45, 7) is 9.41. The number of carbonyl (C=O) groups is 2. The summed E-state index contributed by atoms with van der Waals surface area (Å²) in [6, 6.07) is 0.608. The van der Waals surface area contributed by atoms with Crippen molar-refractivity contribution >= 4 is 22.9 Å². The monoisotopic (exact) mass is 360 g/mol. The van der Waals surface area contributed by atoms with Crippen molar-refractivity contribution in [2.45, 2.75) is 39.3 Å². The van der Waals surface area contributed by atoms with Crippen molar-refractivity contribution in [1.29, 1.82) is 0 Å². The Bertz CT molecular complexity index is 815. The maximum Gasteiger partial charge on any atom is 0.328 e. The summed E-state index contributed by atoms with van der Waals surface area (Å²) in [7, 11) is 0. The zero-order valence-electron chi connectivity index (χ0n) is 15.2. The molecule has 0 radical (unpaired) electrons. The van der Waals surface area contributed by atoms with E-state index in [1.54, 1.807) is 23.9 Å². The lowest BCUT2D eigenvalue weighted by atomic mass is 10.1. The quantitative estimate of drug-likeness (QED) is 0.524. The van der Waals surface area contributed by atoms with E-state index in [0.29, 0.717) is 22.3 Å². The van der Waals surface area contributed by atoms with E-state index >= 15 is 0 Å². The van der Waals surface area contributed by atoms with Gasteiger partial charge >= 0.3 is 5.97 Å². The summed E-state index contributed by atoms with van der Waals surface area (Å²) in [6.07, 6.45) is 3.97. The molecule has 2 N–H and O–H groups in total. The van der Waals surface area contributed by atoms with E-state index in [9.17, 15) is 14.7 Å². The van der Waals surface area contributed by atoms with Crippen LogP contribution in [0.5, 0.6) is 0 Å². The summed E-state index contributed by atoms with van der Waals surface area (Å²) in [5, 5.41) is 16.7. The molecule has 0 fully saturated rings. The molecule has 2 atom stereocenters. The first-order chi connectivity index (χ1) is 12.4. The van der Waals surface area contributed by atoms with Crippen LogP contribution < -0.4 is 5.32 Å². The standard InChI is InChI=1S/C18H24N4O4/c1-5-7-26-10-15(18(24)25)21-17(23)13-8-11(3)20-16-14(13)9-19-22(16)12(4)6-2/h5,8-9,12,15H,1,6-7,10H2,2-4H3,(H,21,23)(H,24,25). The fourth-order valence-electron chi connectivity index (χ4n) is 2.51. The van der Waals surface area contributed by atoms with E-state index in [1.165, 1.54) is 6.08 Å². The van der Waals surface area contributed by atoms with Crippen LogP contribution in [0.3, 0.4) is 0 Å². The molecule has 2 aromatic heterocycles. The van der Waals surface area contributed by atoms with E-state index in [0.717, 1.165) is 6.42 Å². The van der Waals surface area contributed by atoms with Gasteiger partial charge < -0.3 is 15.2 Å². The molecular weight excluding hydrogens is 336 g/mol. The minimum atomic E-state index is -1.17. The number of hydrogen-bond donors (Lipinski definition) is 2. The normalized spacial score (nSPS) is 13.3. The molecule has 2 aromatic rings. The number of hydrogen-bond acceptors (Lipinski definition) is 5. The molecule has 2 rings (SSSR count). The highest BCUT2D eigenvalue weighted by atomic mass is 16.5. The van der Waals surface area contributed by atoms with Crippen LogP contribution in [-0.2, 0) is 9.53 Å². The highest BCUT2D eigenvalue weighted by Gasteiger charge is 2.23. The lowest BCUT2D eigenvalue weighted by Crippen LogP contribution is -2.44. The van der Waals surface area contributed by atoms with Crippen LogP contribution in [-0.4, -0.2) is 51.0 Å². The number of rotatable bonds is 9. The average molecular weight is 360 g/mol. The van der Waals surface area contributed by atoms with Gasteiger partial charge in [0.15, 0.2) is 11.7 Å². The van der Waals surface area contributed by atoms with E-state index in [4.69, 9.17) is 4.74 Å². The largest absolute Gasteiger partial charge is 0.480 e. The molecule has 8 nitrogen and oxygen atoms in total. The maximum atomic E-state index is 12.7. The summed E-state index contributed by atoms with van der Waals surface area (Å²) in [5.74, 6) is -1.67. The number of ether oxygens (including phenoxy) is 1. The molecule has 0 spiro atoms. The molecule has 0 bridgehead atoms. The number of aromatic nitrogens is 3. The molecule has 2 heterocycles. The molecule has 140 valence electrons. The molecule has 1 amide bonds. The second-order valence-electron chi connectivity index (χ2n) is 6.09. The number of carboxylic acids is 1. The number of nitrogens with zero attached hydrogens (tertiary/aromatic N) is 3. The first-order valence-electron chi connectivity index (χ1n) is 8.46. The molecule has 0 aliphatic heterocycles. The van der Waals surface area contributed by atoms with Crippen molar-refractivity contribution in [2.24, 2.45) is 0 Å². The van der Waals surface area contributed by atoms with Crippen molar-refractivity contribution in [2.75, 3.05) is 13.2 Å². The van der Waals surface area contributed by atoms with Gasteiger partial charge in [-0.2, -0.15) is 5.10 Å².